The van der Waals surface area contributed by atoms with Crippen LogP contribution in [0.25, 0.3) is 69.9 Å². The monoisotopic (exact) mass is 464 g/mol. The highest BCUT2D eigenvalue weighted by molar-refractivity contribution is 7.40. The maximum absolute atomic E-state index is 2.33. The van der Waals surface area contributed by atoms with Gasteiger partial charge >= 0.3 is 0 Å². The molecule has 6 heteroatoms. The van der Waals surface area contributed by atoms with Crippen LogP contribution in [0.3, 0.4) is 0 Å². The number of hydrogen-bond acceptors (Lipinski definition) is 6. The Morgan fingerprint density at radius 1 is 0.357 bits per heavy atom. The summed E-state index contributed by atoms with van der Waals surface area (Å²) in [6, 6.07) is 9.26. The molecule has 0 saturated heterocycles. The van der Waals surface area contributed by atoms with Gasteiger partial charge in [0.2, 0.25) is 0 Å². The second-order valence-corrected chi connectivity index (χ2v) is 12.6. The lowest BCUT2D eigenvalue weighted by Gasteiger charge is -1.99. The average Bonchev–Trinajstić information content (AvgIpc) is 3.51. The van der Waals surface area contributed by atoms with E-state index in [1.807, 2.05) is 68.0 Å². The van der Waals surface area contributed by atoms with Crippen LogP contribution < -0.4 is 0 Å². The summed E-state index contributed by atoms with van der Waals surface area (Å²) in [7, 11) is 0. The maximum Gasteiger partial charge on any atom is 0.0549 e. The molecule has 0 nitrogen and oxygen atoms in total. The molecule has 0 aliphatic heterocycles. The number of hydrogen-bond donors (Lipinski definition) is 0. The van der Waals surface area contributed by atoms with Crippen LogP contribution in [0.5, 0.6) is 0 Å². The molecule has 8 rings (SSSR count). The van der Waals surface area contributed by atoms with Gasteiger partial charge in [-0.1, -0.05) is 0 Å². The van der Waals surface area contributed by atoms with Crippen LogP contribution in [0.1, 0.15) is 0 Å². The molecule has 28 heavy (non-hydrogen) atoms. The minimum Gasteiger partial charge on any atom is -0.143 e. The van der Waals surface area contributed by atoms with E-state index < -0.39 is 0 Å². The van der Waals surface area contributed by atoms with Gasteiger partial charge in [-0.05, 0) is 45.8 Å². The molecule has 0 aliphatic carbocycles. The molecule has 0 amide bonds. The first kappa shape index (κ1) is 15.3. The van der Waals surface area contributed by atoms with Gasteiger partial charge in [0.25, 0.3) is 0 Å². The highest BCUT2D eigenvalue weighted by atomic mass is 32.1. The average molecular weight is 465 g/mol. The van der Waals surface area contributed by atoms with Gasteiger partial charge in [0.1, 0.15) is 0 Å². The fraction of sp³-hybridized carbons (Fsp3) is 0. The molecule has 0 N–H and O–H groups in total. The van der Waals surface area contributed by atoms with E-state index in [-0.39, 0.29) is 0 Å². The van der Waals surface area contributed by atoms with Crippen molar-refractivity contribution < 1.29 is 0 Å². The predicted molar refractivity (Wildman–Crippen MR) is 136 cm³/mol. The van der Waals surface area contributed by atoms with Gasteiger partial charge in [0.05, 0.1) is 28.2 Å². The molecule has 0 saturated carbocycles. The smallest absolute Gasteiger partial charge is 0.0549 e. The Balaban J connectivity index is 1.77. The minimum atomic E-state index is 1.43. The molecule has 0 unspecified atom stereocenters. The Morgan fingerprint density at radius 3 is 1.18 bits per heavy atom. The van der Waals surface area contributed by atoms with Crippen LogP contribution in [0.15, 0.2) is 45.8 Å². The summed E-state index contributed by atoms with van der Waals surface area (Å²) in [5, 5.41) is 17.7. The van der Waals surface area contributed by atoms with Gasteiger partial charge in [-0.15, -0.1) is 68.0 Å². The van der Waals surface area contributed by atoms with Crippen LogP contribution in [0.4, 0.5) is 0 Å². The van der Waals surface area contributed by atoms with Crippen molar-refractivity contribution in [1.29, 1.82) is 0 Å². The van der Waals surface area contributed by atoms with Crippen molar-refractivity contribution in [1.82, 2.24) is 0 Å². The van der Waals surface area contributed by atoms with Crippen LogP contribution in [0, 0.1) is 0 Å². The van der Waals surface area contributed by atoms with Gasteiger partial charge in [-0.3, -0.25) is 0 Å². The Kier molecular flexibility index (Phi) is 2.81. The SMILES string of the molecule is c1cc2c(s1)c1ccsc1c1sc3c(sc4c5sccc5c5sccc5c43)c21. The highest BCUT2D eigenvalue weighted by Crippen LogP contribution is 2.54. The summed E-state index contributed by atoms with van der Waals surface area (Å²) in [6.45, 7) is 0. The zero-order valence-corrected chi connectivity index (χ0v) is 19.0. The van der Waals surface area contributed by atoms with Gasteiger partial charge < -0.3 is 0 Å². The number of fused-ring (bicyclic) bond motifs is 15. The Bertz CT molecular complexity index is 1730. The first-order chi connectivity index (χ1) is 13.9. The minimum absolute atomic E-state index is 1.43. The summed E-state index contributed by atoms with van der Waals surface area (Å²) in [5.41, 5.74) is 0. The molecule has 0 aliphatic rings. The van der Waals surface area contributed by atoms with E-state index in [0.717, 1.165) is 0 Å². The lowest BCUT2D eigenvalue weighted by molar-refractivity contribution is 2.16. The first-order valence-corrected chi connectivity index (χ1v) is 14.0. The molecule has 6 heterocycles. The fourth-order valence-corrected chi connectivity index (χ4v) is 11.6. The number of thiophene rings is 6. The third kappa shape index (κ3) is 1.65. The van der Waals surface area contributed by atoms with E-state index in [2.05, 4.69) is 45.8 Å². The molecule has 8 aromatic rings. The second-order valence-electron chi connectivity index (χ2n) is 6.92. The van der Waals surface area contributed by atoms with Crippen molar-refractivity contribution >= 4 is 138 Å². The quantitative estimate of drug-likeness (QED) is 0.209. The van der Waals surface area contributed by atoms with E-state index in [4.69, 9.17) is 0 Å². The standard InChI is InChI=1S/C22H8S6/c1-5-23-15-9(1)13-19(17-11(15)3-7-25-17)27-22-14-10-2-6-24-16(10)12-4-8-26-18(12)20(14)28-21(13)22/h1-8H. The number of benzene rings is 2. The van der Waals surface area contributed by atoms with E-state index in [1.165, 1.54) is 69.9 Å². The lowest BCUT2D eigenvalue weighted by atomic mass is 10.1. The summed E-state index contributed by atoms with van der Waals surface area (Å²) >= 11 is 11.6. The highest BCUT2D eigenvalue weighted by Gasteiger charge is 2.22. The van der Waals surface area contributed by atoms with E-state index in [1.54, 1.807) is 0 Å². The van der Waals surface area contributed by atoms with Crippen LogP contribution in [-0.2, 0) is 0 Å². The Hall–Kier alpha value is -1.54. The zero-order valence-electron chi connectivity index (χ0n) is 14.1. The maximum atomic E-state index is 2.33. The van der Waals surface area contributed by atoms with Gasteiger partial charge in [0.15, 0.2) is 0 Å². The van der Waals surface area contributed by atoms with Crippen LogP contribution >= 0.6 is 68.0 Å². The normalized spacial score (nSPS) is 13.0. The van der Waals surface area contributed by atoms with Crippen molar-refractivity contribution in [2.75, 3.05) is 0 Å². The summed E-state index contributed by atoms with van der Waals surface area (Å²) in [6.07, 6.45) is 0. The topological polar surface area (TPSA) is 0 Å². The van der Waals surface area contributed by atoms with Crippen molar-refractivity contribution in [3.05, 3.63) is 45.8 Å². The molecule has 0 spiro atoms. The molecular weight excluding hydrogens is 457 g/mol. The Morgan fingerprint density at radius 2 is 0.714 bits per heavy atom. The van der Waals surface area contributed by atoms with Gasteiger partial charge in [-0.25, -0.2) is 0 Å². The summed E-state index contributed by atoms with van der Waals surface area (Å²) in [4.78, 5) is 0. The Labute approximate surface area is 182 Å². The summed E-state index contributed by atoms with van der Waals surface area (Å²) in [5.74, 6) is 0. The molecule has 2 aromatic carbocycles. The predicted octanol–water partition coefficient (Wildman–Crippen LogP) is 10.1. The molecule has 0 bridgehead atoms. The largest absolute Gasteiger partial charge is 0.143 e. The molecule has 132 valence electrons. The lowest BCUT2D eigenvalue weighted by Crippen LogP contribution is -1.69. The van der Waals surface area contributed by atoms with E-state index in [9.17, 15) is 0 Å². The molecule has 0 fully saturated rings. The number of rotatable bonds is 0. The van der Waals surface area contributed by atoms with Gasteiger partial charge in [-0.2, -0.15) is 0 Å². The van der Waals surface area contributed by atoms with Crippen LogP contribution in [-0.4, -0.2) is 0 Å². The van der Waals surface area contributed by atoms with Crippen molar-refractivity contribution in [2.24, 2.45) is 0 Å². The fourth-order valence-electron chi connectivity index (χ4n) is 4.50. The van der Waals surface area contributed by atoms with Crippen molar-refractivity contribution in [2.45, 2.75) is 0 Å². The molecule has 0 radical (unpaired) electrons. The molecule has 6 aromatic heterocycles. The first-order valence-electron chi connectivity index (χ1n) is 8.81. The molecule has 0 atom stereocenters. The van der Waals surface area contributed by atoms with E-state index >= 15 is 0 Å². The second kappa shape index (κ2) is 5.14. The van der Waals surface area contributed by atoms with Crippen molar-refractivity contribution in [3.63, 3.8) is 0 Å². The summed E-state index contributed by atoms with van der Waals surface area (Å²) < 4.78 is 11.8. The van der Waals surface area contributed by atoms with Crippen molar-refractivity contribution in [3.8, 4) is 0 Å². The van der Waals surface area contributed by atoms with Gasteiger partial charge in [0, 0.05) is 41.7 Å². The third-order valence-corrected chi connectivity index (χ3v) is 12.2. The molecular formula is C22H8S6. The van der Waals surface area contributed by atoms with Crippen LogP contribution in [0.2, 0.25) is 0 Å². The van der Waals surface area contributed by atoms with E-state index in [0.29, 0.717) is 0 Å². The third-order valence-electron chi connectivity index (χ3n) is 5.62. The zero-order chi connectivity index (χ0) is 18.0.